The minimum Gasteiger partial charge on any atom is -0.481 e. The van der Waals surface area contributed by atoms with Crippen molar-refractivity contribution in [1.29, 1.82) is 0 Å². The van der Waals surface area contributed by atoms with Gasteiger partial charge in [-0.2, -0.15) is 0 Å². The van der Waals surface area contributed by atoms with Crippen molar-refractivity contribution in [2.75, 3.05) is 0 Å². The molecule has 0 aliphatic heterocycles. The van der Waals surface area contributed by atoms with E-state index in [0.717, 1.165) is 0 Å². The minimum atomic E-state index is -0.874. The molecule has 100 valence electrons. The average molecular weight is 264 g/mol. The first-order chi connectivity index (χ1) is 9.06. The van der Waals surface area contributed by atoms with Crippen LogP contribution in [0.1, 0.15) is 19.2 Å². The highest BCUT2D eigenvalue weighted by Crippen LogP contribution is 2.22. The fraction of sp³-hybridized carbons (Fsp3) is 0.308. The van der Waals surface area contributed by atoms with Gasteiger partial charge < -0.3 is 9.52 Å². The van der Waals surface area contributed by atoms with Gasteiger partial charge in [0.15, 0.2) is 0 Å². The van der Waals surface area contributed by atoms with Gasteiger partial charge in [-0.1, -0.05) is 19.1 Å². The van der Waals surface area contributed by atoms with Gasteiger partial charge in [0.05, 0.1) is 5.56 Å². The summed E-state index contributed by atoms with van der Waals surface area (Å²) in [6.45, 7) is 1.78. The maximum atomic E-state index is 13.5. The molecule has 0 spiro atoms. The van der Waals surface area contributed by atoms with E-state index < -0.39 is 11.8 Å². The number of nitrogens with zero attached hydrogens (tertiary/aromatic N) is 2. The molecule has 0 bridgehead atoms. The molecule has 0 amide bonds. The third kappa shape index (κ3) is 3.37. The van der Waals surface area contributed by atoms with Crippen LogP contribution in [0, 0.1) is 11.7 Å². The van der Waals surface area contributed by atoms with Gasteiger partial charge in [0.2, 0.25) is 5.89 Å². The summed E-state index contributed by atoms with van der Waals surface area (Å²) in [5.41, 5.74) is 0.243. The van der Waals surface area contributed by atoms with Gasteiger partial charge >= 0.3 is 5.97 Å². The van der Waals surface area contributed by atoms with Crippen molar-refractivity contribution in [1.82, 2.24) is 10.2 Å². The summed E-state index contributed by atoms with van der Waals surface area (Å²) in [5, 5.41) is 16.2. The highest BCUT2D eigenvalue weighted by Gasteiger charge is 2.15. The average Bonchev–Trinajstić information content (AvgIpc) is 2.76. The van der Waals surface area contributed by atoms with E-state index in [0.29, 0.717) is 12.3 Å². The second-order valence-electron chi connectivity index (χ2n) is 4.39. The molecule has 0 fully saturated rings. The van der Waals surface area contributed by atoms with Crippen molar-refractivity contribution in [2.24, 2.45) is 5.92 Å². The number of carboxylic acids is 1. The highest BCUT2D eigenvalue weighted by molar-refractivity contribution is 5.66. The standard InChI is InChI=1S/C13H13FN2O3/c1-8(7-12(17)18)6-11-15-16-13(19-11)9-4-2-3-5-10(9)14/h2-5,8H,6-7H2,1H3,(H,17,18). The summed E-state index contributed by atoms with van der Waals surface area (Å²) in [7, 11) is 0. The van der Waals surface area contributed by atoms with Gasteiger partial charge in [-0.05, 0) is 18.1 Å². The lowest BCUT2D eigenvalue weighted by atomic mass is 10.0. The first-order valence-electron chi connectivity index (χ1n) is 5.85. The van der Waals surface area contributed by atoms with Crippen molar-refractivity contribution in [2.45, 2.75) is 19.8 Å². The molecular formula is C13H13FN2O3. The van der Waals surface area contributed by atoms with Crippen LogP contribution in [0.15, 0.2) is 28.7 Å². The van der Waals surface area contributed by atoms with Crippen LogP contribution in [0.3, 0.4) is 0 Å². The smallest absolute Gasteiger partial charge is 0.303 e. The Kier molecular flexibility index (Phi) is 3.89. The fourth-order valence-electron chi connectivity index (χ4n) is 1.75. The number of aromatic nitrogens is 2. The van der Waals surface area contributed by atoms with Crippen molar-refractivity contribution in [3.63, 3.8) is 0 Å². The van der Waals surface area contributed by atoms with Crippen LogP contribution in [0.25, 0.3) is 11.5 Å². The monoisotopic (exact) mass is 264 g/mol. The van der Waals surface area contributed by atoms with Crippen molar-refractivity contribution < 1.29 is 18.7 Å². The lowest BCUT2D eigenvalue weighted by Gasteiger charge is -2.03. The second-order valence-corrected chi connectivity index (χ2v) is 4.39. The molecule has 2 rings (SSSR count). The van der Waals surface area contributed by atoms with E-state index in [1.54, 1.807) is 25.1 Å². The summed E-state index contributed by atoms with van der Waals surface area (Å²) in [5.74, 6) is -1.01. The summed E-state index contributed by atoms with van der Waals surface area (Å²) < 4.78 is 18.9. The zero-order chi connectivity index (χ0) is 13.8. The second kappa shape index (κ2) is 5.60. The van der Waals surface area contributed by atoms with Gasteiger partial charge in [-0.15, -0.1) is 10.2 Å². The quantitative estimate of drug-likeness (QED) is 0.898. The number of benzene rings is 1. The van der Waals surface area contributed by atoms with Gasteiger partial charge in [0, 0.05) is 12.8 Å². The zero-order valence-corrected chi connectivity index (χ0v) is 10.3. The van der Waals surface area contributed by atoms with Crippen LogP contribution in [0.5, 0.6) is 0 Å². The first-order valence-corrected chi connectivity index (χ1v) is 5.85. The van der Waals surface area contributed by atoms with E-state index in [4.69, 9.17) is 9.52 Å². The number of carboxylic acid groups (broad SMARTS) is 1. The van der Waals surface area contributed by atoms with Crippen LogP contribution >= 0.6 is 0 Å². The number of halogens is 1. The summed E-state index contributed by atoms with van der Waals surface area (Å²) in [6.07, 6.45) is 0.380. The van der Waals surface area contributed by atoms with E-state index in [9.17, 15) is 9.18 Å². The molecule has 1 aromatic carbocycles. The number of hydrogen-bond acceptors (Lipinski definition) is 4. The molecule has 1 unspecified atom stereocenters. The van der Waals surface area contributed by atoms with E-state index in [-0.39, 0.29) is 23.8 Å². The predicted molar refractivity (Wildman–Crippen MR) is 64.8 cm³/mol. The van der Waals surface area contributed by atoms with E-state index >= 15 is 0 Å². The Labute approximate surface area is 109 Å². The molecule has 6 heteroatoms. The van der Waals surface area contributed by atoms with Crippen LogP contribution < -0.4 is 0 Å². The molecule has 0 aliphatic carbocycles. The summed E-state index contributed by atoms with van der Waals surface area (Å²) >= 11 is 0. The van der Waals surface area contributed by atoms with Crippen LogP contribution in [0.2, 0.25) is 0 Å². The SMILES string of the molecule is CC(CC(=O)O)Cc1nnc(-c2ccccc2F)o1. The molecular weight excluding hydrogens is 251 g/mol. The van der Waals surface area contributed by atoms with Crippen LogP contribution in [0.4, 0.5) is 4.39 Å². The van der Waals surface area contributed by atoms with E-state index in [1.807, 2.05) is 0 Å². The first kappa shape index (κ1) is 13.2. The third-order valence-electron chi connectivity index (χ3n) is 2.62. The van der Waals surface area contributed by atoms with E-state index in [2.05, 4.69) is 10.2 Å². The fourth-order valence-corrected chi connectivity index (χ4v) is 1.75. The van der Waals surface area contributed by atoms with Crippen molar-refractivity contribution in [3.05, 3.63) is 36.0 Å². The number of aliphatic carboxylic acids is 1. The van der Waals surface area contributed by atoms with Gasteiger partial charge in [0.25, 0.3) is 5.89 Å². The van der Waals surface area contributed by atoms with Gasteiger partial charge in [-0.25, -0.2) is 4.39 Å². The Morgan fingerprint density at radius 3 is 2.84 bits per heavy atom. The molecule has 1 aromatic heterocycles. The Morgan fingerprint density at radius 2 is 2.16 bits per heavy atom. The topological polar surface area (TPSA) is 76.2 Å². The Hall–Kier alpha value is -2.24. The molecule has 0 saturated heterocycles. The molecule has 1 atom stereocenters. The third-order valence-corrected chi connectivity index (χ3v) is 2.62. The highest BCUT2D eigenvalue weighted by atomic mass is 19.1. The molecule has 19 heavy (non-hydrogen) atoms. The van der Waals surface area contributed by atoms with Crippen LogP contribution in [-0.2, 0) is 11.2 Å². The molecule has 1 N–H and O–H groups in total. The maximum Gasteiger partial charge on any atom is 0.303 e. The normalized spacial score (nSPS) is 12.3. The molecule has 5 nitrogen and oxygen atoms in total. The molecule has 0 saturated carbocycles. The summed E-state index contributed by atoms with van der Waals surface area (Å²) in [4.78, 5) is 10.6. The lowest BCUT2D eigenvalue weighted by Crippen LogP contribution is -2.07. The lowest BCUT2D eigenvalue weighted by molar-refractivity contribution is -0.137. The number of rotatable bonds is 5. The maximum absolute atomic E-state index is 13.5. The largest absolute Gasteiger partial charge is 0.481 e. The minimum absolute atomic E-state index is 0.0252. The van der Waals surface area contributed by atoms with E-state index in [1.165, 1.54) is 6.07 Å². The Balaban J connectivity index is 2.11. The Bertz CT molecular complexity index is 583. The summed E-state index contributed by atoms with van der Waals surface area (Å²) in [6, 6.07) is 6.11. The molecule has 0 aliphatic rings. The van der Waals surface area contributed by atoms with Crippen molar-refractivity contribution in [3.8, 4) is 11.5 Å². The molecule has 0 radical (unpaired) electrons. The Morgan fingerprint density at radius 1 is 1.42 bits per heavy atom. The zero-order valence-electron chi connectivity index (χ0n) is 10.3. The molecule has 1 heterocycles. The predicted octanol–water partition coefficient (Wildman–Crippen LogP) is 2.53. The number of hydrogen-bond donors (Lipinski definition) is 1. The number of carbonyl (C=O) groups is 1. The van der Waals surface area contributed by atoms with Gasteiger partial charge in [0.1, 0.15) is 5.82 Å². The van der Waals surface area contributed by atoms with Gasteiger partial charge in [-0.3, -0.25) is 4.79 Å². The van der Waals surface area contributed by atoms with Crippen LogP contribution in [-0.4, -0.2) is 21.3 Å². The van der Waals surface area contributed by atoms with Crippen molar-refractivity contribution >= 4 is 5.97 Å². The molecule has 2 aromatic rings.